The molecule has 1 fully saturated rings. The van der Waals surface area contributed by atoms with Crippen LogP contribution in [0.3, 0.4) is 0 Å². The number of halogens is 4. The maximum absolute atomic E-state index is 13.1. The van der Waals surface area contributed by atoms with Gasteiger partial charge in [-0.3, -0.25) is 4.90 Å². The van der Waals surface area contributed by atoms with Gasteiger partial charge in [0.1, 0.15) is 0 Å². The molecule has 3 aromatic carbocycles. The molecule has 0 saturated carbocycles. The van der Waals surface area contributed by atoms with E-state index in [1.807, 2.05) is 18.2 Å². The minimum atomic E-state index is -4.66. The average Bonchev–Trinajstić information content (AvgIpc) is 3.20. The first kappa shape index (κ1) is 23.8. The molecule has 0 spiro atoms. The normalized spacial score (nSPS) is 17.4. The molecule has 0 bridgehead atoms. The third kappa shape index (κ3) is 5.96. The number of rotatable bonds is 6. The smallest absolute Gasteiger partial charge is 0.299 e. The summed E-state index contributed by atoms with van der Waals surface area (Å²) in [6, 6.07) is 20.8. The highest BCUT2D eigenvalue weighted by Gasteiger charge is 2.34. The zero-order valence-electron chi connectivity index (χ0n) is 17.7. The Morgan fingerprint density at radius 3 is 2.27 bits per heavy atom. The van der Waals surface area contributed by atoms with Crippen LogP contribution in [-0.2, 0) is 22.6 Å². The number of hydrogen-bond acceptors (Lipinski definition) is 3. The standard InChI is InChI=1S/C25H23ClF3NO2S/c26-23-12-22(25(27,28)29)13-24(14-23)33(31,32)17-19-10-11-30(16-19)15-18-6-8-21(9-7-18)20-4-2-1-3-5-20/h1-9,12-14,19H,10-11,15-17H2/t19-/m1/s1. The van der Waals surface area contributed by atoms with E-state index in [2.05, 4.69) is 41.3 Å². The number of benzene rings is 3. The van der Waals surface area contributed by atoms with Gasteiger partial charge in [-0.1, -0.05) is 66.2 Å². The van der Waals surface area contributed by atoms with Gasteiger partial charge in [0.05, 0.1) is 16.2 Å². The summed E-state index contributed by atoms with van der Waals surface area (Å²) in [4.78, 5) is 1.80. The molecule has 1 aliphatic heterocycles. The number of likely N-dealkylation sites (tertiary alicyclic amines) is 1. The van der Waals surface area contributed by atoms with E-state index in [-0.39, 0.29) is 21.6 Å². The van der Waals surface area contributed by atoms with Crippen LogP contribution in [0.25, 0.3) is 11.1 Å². The minimum Gasteiger partial charge on any atom is -0.299 e. The van der Waals surface area contributed by atoms with Crippen LogP contribution in [0.4, 0.5) is 13.2 Å². The van der Waals surface area contributed by atoms with Gasteiger partial charge in [0.2, 0.25) is 0 Å². The maximum Gasteiger partial charge on any atom is 0.416 e. The van der Waals surface area contributed by atoms with E-state index < -0.39 is 21.6 Å². The van der Waals surface area contributed by atoms with Crippen LogP contribution in [0.2, 0.25) is 5.02 Å². The quantitative estimate of drug-likeness (QED) is 0.403. The predicted octanol–water partition coefficient (Wildman–Crippen LogP) is 6.32. The van der Waals surface area contributed by atoms with Gasteiger partial charge in [0.25, 0.3) is 0 Å². The molecule has 3 aromatic rings. The molecule has 0 unspecified atom stereocenters. The van der Waals surface area contributed by atoms with Crippen molar-refractivity contribution in [3.8, 4) is 11.1 Å². The largest absolute Gasteiger partial charge is 0.416 e. The van der Waals surface area contributed by atoms with Crippen LogP contribution in [0.5, 0.6) is 0 Å². The Morgan fingerprint density at radius 1 is 0.939 bits per heavy atom. The third-order valence-corrected chi connectivity index (χ3v) is 7.93. The molecule has 1 heterocycles. The summed E-state index contributed by atoms with van der Waals surface area (Å²) < 4.78 is 64.8. The van der Waals surface area contributed by atoms with E-state index in [1.165, 1.54) is 0 Å². The lowest BCUT2D eigenvalue weighted by atomic mass is 10.0. The lowest BCUT2D eigenvalue weighted by Crippen LogP contribution is -2.23. The van der Waals surface area contributed by atoms with E-state index in [0.717, 1.165) is 35.4 Å². The van der Waals surface area contributed by atoms with Crippen molar-refractivity contribution in [1.82, 2.24) is 4.90 Å². The number of alkyl halides is 3. The zero-order valence-corrected chi connectivity index (χ0v) is 19.3. The second kappa shape index (κ2) is 9.49. The Hall–Kier alpha value is -2.35. The molecule has 8 heteroatoms. The van der Waals surface area contributed by atoms with Crippen molar-refractivity contribution in [2.24, 2.45) is 5.92 Å². The highest BCUT2D eigenvalue weighted by Crippen LogP contribution is 2.34. The molecule has 0 aliphatic carbocycles. The average molecular weight is 494 g/mol. The Morgan fingerprint density at radius 2 is 1.61 bits per heavy atom. The summed E-state index contributed by atoms with van der Waals surface area (Å²) in [5, 5.41) is -0.240. The molecule has 1 aliphatic rings. The van der Waals surface area contributed by atoms with Crippen LogP contribution >= 0.6 is 11.6 Å². The summed E-state index contributed by atoms with van der Waals surface area (Å²) >= 11 is 5.77. The molecular weight excluding hydrogens is 471 g/mol. The van der Waals surface area contributed by atoms with Crippen LogP contribution in [0.15, 0.2) is 77.7 Å². The summed E-state index contributed by atoms with van der Waals surface area (Å²) in [6.07, 6.45) is -3.98. The lowest BCUT2D eigenvalue weighted by molar-refractivity contribution is -0.137. The molecule has 0 amide bonds. The molecule has 33 heavy (non-hydrogen) atoms. The fourth-order valence-corrected chi connectivity index (χ4v) is 6.19. The van der Waals surface area contributed by atoms with Gasteiger partial charge in [-0.05, 0) is 53.8 Å². The van der Waals surface area contributed by atoms with Gasteiger partial charge in [0, 0.05) is 18.1 Å². The van der Waals surface area contributed by atoms with Crippen LogP contribution in [0, 0.1) is 5.92 Å². The Balaban J connectivity index is 1.39. The SMILES string of the molecule is O=S(=O)(C[C@@H]1CCN(Cc2ccc(-c3ccccc3)cc2)C1)c1cc(Cl)cc(C(F)(F)F)c1. The van der Waals surface area contributed by atoms with Gasteiger partial charge >= 0.3 is 6.18 Å². The van der Waals surface area contributed by atoms with E-state index in [0.29, 0.717) is 25.6 Å². The van der Waals surface area contributed by atoms with E-state index in [4.69, 9.17) is 11.6 Å². The van der Waals surface area contributed by atoms with Crippen molar-refractivity contribution in [1.29, 1.82) is 0 Å². The first-order chi connectivity index (χ1) is 15.6. The zero-order chi connectivity index (χ0) is 23.6. The first-order valence-electron chi connectivity index (χ1n) is 10.6. The van der Waals surface area contributed by atoms with Crippen molar-refractivity contribution >= 4 is 21.4 Å². The van der Waals surface area contributed by atoms with Crippen LogP contribution in [-0.4, -0.2) is 32.2 Å². The van der Waals surface area contributed by atoms with E-state index >= 15 is 0 Å². The van der Waals surface area contributed by atoms with Crippen molar-refractivity contribution < 1.29 is 21.6 Å². The highest BCUT2D eigenvalue weighted by molar-refractivity contribution is 7.91. The molecule has 4 rings (SSSR count). The molecule has 1 saturated heterocycles. The first-order valence-corrected chi connectivity index (χ1v) is 12.6. The van der Waals surface area contributed by atoms with Gasteiger partial charge in [-0.15, -0.1) is 0 Å². The summed E-state index contributed by atoms with van der Waals surface area (Å²) in [7, 11) is -3.89. The van der Waals surface area contributed by atoms with Crippen LogP contribution in [0.1, 0.15) is 17.5 Å². The van der Waals surface area contributed by atoms with Gasteiger partial charge in [-0.25, -0.2) is 8.42 Å². The maximum atomic E-state index is 13.1. The third-order valence-electron chi connectivity index (χ3n) is 5.85. The topological polar surface area (TPSA) is 37.4 Å². The summed E-state index contributed by atoms with van der Waals surface area (Å²) in [5.41, 5.74) is 2.35. The van der Waals surface area contributed by atoms with Crippen LogP contribution < -0.4 is 0 Å². The number of hydrogen-bond donors (Lipinski definition) is 0. The molecule has 3 nitrogen and oxygen atoms in total. The molecule has 0 N–H and O–H groups in total. The molecular formula is C25H23ClF3NO2S. The van der Waals surface area contributed by atoms with Crippen molar-refractivity contribution in [3.63, 3.8) is 0 Å². The fraction of sp³-hybridized carbons (Fsp3) is 0.280. The van der Waals surface area contributed by atoms with E-state index in [9.17, 15) is 21.6 Å². The lowest BCUT2D eigenvalue weighted by Gasteiger charge is -2.17. The van der Waals surface area contributed by atoms with Gasteiger partial charge < -0.3 is 0 Å². The number of sulfone groups is 1. The Labute approximate surface area is 196 Å². The summed E-state index contributed by atoms with van der Waals surface area (Å²) in [6.45, 7) is 2.01. The highest BCUT2D eigenvalue weighted by atomic mass is 35.5. The Bertz CT molecular complexity index is 1210. The minimum absolute atomic E-state index is 0.146. The monoisotopic (exact) mass is 493 g/mol. The van der Waals surface area contributed by atoms with Gasteiger partial charge in [0.15, 0.2) is 9.84 Å². The molecule has 1 atom stereocenters. The van der Waals surface area contributed by atoms with E-state index in [1.54, 1.807) is 0 Å². The van der Waals surface area contributed by atoms with Crippen molar-refractivity contribution in [2.75, 3.05) is 18.8 Å². The fourth-order valence-electron chi connectivity index (χ4n) is 4.20. The molecule has 0 radical (unpaired) electrons. The Kier molecular flexibility index (Phi) is 6.84. The molecule has 174 valence electrons. The second-order valence-corrected chi connectivity index (χ2v) is 10.9. The van der Waals surface area contributed by atoms with Gasteiger partial charge in [-0.2, -0.15) is 13.2 Å². The molecule has 0 aromatic heterocycles. The summed E-state index contributed by atoms with van der Waals surface area (Å²) in [5.74, 6) is -0.347. The number of nitrogens with zero attached hydrogens (tertiary/aromatic N) is 1. The second-order valence-electron chi connectivity index (χ2n) is 8.41. The predicted molar refractivity (Wildman–Crippen MR) is 124 cm³/mol. The van der Waals surface area contributed by atoms with Crippen molar-refractivity contribution in [2.45, 2.75) is 24.0 Å². The van der Waals surface area contributed by atoms with Crippen molar-refractivity contribution in [3.05, 3.63) is 88.9 Å².